The predicted octanol–water partition coefficient (Wildman–Crippen LogP) is 5.48. The first-order chi connectivity index (χ1) is 18.3. The normalized spacial score (nSPS) is 23.7. The van der Waals surface area contributed by atoms with Gasteiger partial charge in [-0.25, -0.2) is 8.42 Å². The van der Waals surface area contributed by atoms with Gasteiger partial charge in [-0.3, -0.25) is 0 Å². The highest BCUT2D eigenvalue weighted by molar-refractivity contribution is 7.92. The Morgan fingerprint density at radius 1 is 0.711 bits per heavy atom. The van der Waals surface area contributed by atoms with Crippen LogP contribution in [0.15, 0.2) is 103 Å². The number of rotatable bonds is 12. The summed E-state index contributed by atoms with van der Waals surface area (Å²) in [5.41, 5.74) is 2.20. The van der Waals surface area contributed by atoms with Gasteiger partial charge in [0.15, 0.2) is 15.3 Å². The summed E-state index contributed by atoms with van der Waals surface area (Å²) < 4.78 is 52.4. The highest BCUT2D eigenvalue weighted by Gasteiger charge is 2.51. The summed E-state index contributed by atoms with van der Waals surface area (Å²) in [6.45, 7) is 8.15. The highest BCUT2D eigenvalue weighted by Crippen LogP contribution is 2.33. The van der Waals surface area contributed by atoms with Gasteiger partial charge in [-0.1, -0.05) is 103 Å². The van der Waals surface area contributed by atoms with E-state index in [0.717, 1.165) is 16.7 Å². The maximum absolute atomic E-state index is 13.5. The van der Waals surface area contributed by atoms with E-state index < -0.39 is 39.7 Å². The van der Waals surface area contributed by atoms with Crippen LogP contribution in [0.5, 0.6) is 0 Å². The van der Waals surface area contributed by atoms with Crippen LogP contribution >= 0.6 is 0 Å². The van der Waals surface area contributed by atoms with Crippen molar-refractivity contribution < 1.29 is 27.4 Å². The Kier molecular flexibility index (Phi) is 9.88. The number of hydrogen-bond donors (Lipinski definition) is 0. The second kappa shape index (κ2) is 13.3. The van der Waals surface area contributed by atoms with Crippen LogP contribution in [0.4, 0.5) is 0 Å². The Morgan fingerprint density at radius 3 is 1.53 bits per heavy atom. The molecule has 202 valence electrons. The first-order valence-electron chi connectivity index (χ1n) is 12.8. The van der Waals surface area contributed by atoms with E-state index in [9.17, 15) is 8.42 Å². The van der Waals surface area contributed by atoms with Crippen LogP contribution in [-0.2, 0) is 48.6 Å². The van der Waals surface area contributed by atoms with Crippen LogP contribution in [0, 0.1) is 0 Å². The summed E-state index contributed by atoms with van der Waals surface area (Å²) in [5.74, 6) is -0.198. The minimum atomic E-state index is -3.76. The van der Waals surface area contributed by atoms with E-state index in [2.05, 4.69) is 6.58 Å². The second-order valence-corrected chi connectivity index (χ2v) is 11.8. The van der Waals surface area contributed by atoms with Crippen LogP contribution in [0.2, 0.25) is 0 Å². The molecule has 6 nitrogen and oxygen atoms in total. The summed E-state index contributed by atoms with van der Waals surface area (Å²) in [7, 11) is -3.76. The third-order valence-corrected chi connectivity index (χ3v) is 8.37. The fraction of sp³-hybridized carbons (Fsp3) is 0.355. The zero-order valence-electron chi connectivity index (χ0n) is 21.9. The van der Waals surface area contributed by atoms with Crippen molar-refractivity contribution in [1.82, 2.24) is 0 Å². The monoisotopic (exact) mass is 536 g/mol. The summed E-state index contributed by atoms with van der Waals surface area (Å²) in [4.78, 5) is 0. The molecule has 0 spiro atoms. The van der Waals surface area contributed by atoms with E-state index in [1.165, 1.54) is 0 Å². The minimum absolute atomic E-state index is 0.198. The molecular weight excluding hydrogens is 500 g/mol. The molecule has 1 saturated heterocycles. The molecule has 1 heterocycles. The Hall–Kier alpha value is -2.81. The predicted molar refractivity (Wildman–Crippen MR) is 148 cm³/mol. The molecule has 0 amide bonds. The smallest absolute Gasteiger partial charge is 0.188 e. The van der Waals surface area contributed by atoms with Gasteiger partial charge in [0.25, 0.3) is 0 Å². The second-order valence-electron chi connectivity index (χ2n) is 9.76. The van der Waals surface area contributed by atoms with Crippen molar-refractivity contribution in [3.63, 3.8) is 0 Å². The highest BCUT2D eigenvalue weighted by atomic mass is 32.2. The summed E-state index contributed by atoms with van der Waals surface area (Å²) in [5, 5.41) is 0. The fourth-order valence-corrected chi connectivity index (χ4v) is 6.42. The summed E-state index contributed by atoms with van der Waals surface area (Å²) >= 11 is 0. The summed E-state index contributed by atoms with van der Waals surface area (Å²) in [6.07, 6.45) is -2.73. The zero-order valence-corrected chi connectivity index (χ0v) is 22.8. The first kappa shape index (κ1) is 28.2. The molecule has 5 atom stereocenters. The van der Waals surface area contributed by atoms with Gasteiger partial charge >= 0.3 is 0 Å². The van der Waals surface area contributed by atoms with Crippen molar-refractivity contribution in [2.45, 2.75) is 63.5 Å². The van der Waals surface area contributed by atoms with E-state index in [4.69, 9.17) is 18.9 Å². The molecule has 1 fully saturated rings. The number of hydrogen-bond acceptors (Lipinski definition) is 6. The van der Waals surface area contributed by atoms with Crippen molar-refractivity contribution in [3.05, 3.63) is 120 Å². The Morgan fingerprint density at radius 2 is 1.11 bits per heavy atom. The molecule has 0 saturated carbocycles. The topological polar surface area (TPSA) is 71.1 Å². The Balaban J connectivity index is 1.65. The molecule has 0 aliphatic carbocycles. The standard InChI is InChI=1S/C31H36O6S/c1-23(2)22-38(32,33)31-30(36-21-27-17-11-6-12-18-27)29(35-20-26-15-9-5-10-16-26)28(24(3)37-31)34-19-25-13-7-4-8-14-25/h4-18,24,28-31H,1,19-22H2,2-3H3. The lowest BCUT2D eigenvalue weighted by molar-refractivity contribution is -0.244. The molecule has 1 aliphatic heterocycles. The van der Waals surface area contributed by atoms with E-state index >= 15 is 0 Å². The van der Waals surface area contributed by atoms with Gasteiger partial charge in [0.1, 0.15) is 18.3 Å². The van der Waals surface area contributed by atoms with Crippen LogP contribution in [0.1, 0.15) is 30.5 Å². The lowest BCUT2D eigenvalue weighted by Crippen LogP contribution is -2.61. The maximum Gasteiger partial charge on any atom is 0.188 e. The molecule has 7 heteroatoms. The Bertz CT molecular complexity index is 1250. The van der Waals surface area contributed by atoms with Crippen LogP contribution < -0.4 is 0 Å². The van der Waals surface area contributed by atoms with E-state index in [1.54, 1.807) is 6.92 Å². The molecule has 4 rings (SSSR count). The number of sulfone groups is 1. The third-order valence-electron chi connectivity index (χ3n) is 6.38. The van der Waals surface area contributed by atoms with Crippen LogP contribution in [0.25, 0.3) is 0 Å². The van der Waals surface area contributed by atoms with Gasteiger partial charge in [-0.05, 0) is 30.5 Å². The van der Waals surface area contributed by atoms with Crippen molar-refractivity contribution in [2.24, 2.45) is 0 Å². The van der Waals surface area contributed by atoms with E-state index in [1.807, 2.05) is 97.9 Å². The minimum Gasteiger partial charge on any atom is -0.368 e. The molecular formula is C31H36O6S. The van der Waals surface area contributed by atoms with Gasteiger partial charge in [0.2, 0.25) is 0 Å². The number of benzene rings is 3. The van der Waals surface area contributed by atoms with Gasteiger partial charge < -0.3 is 18.9 Å². The first-order valence-corrected chi connectivity index (χ1v) is 14.5. The quantitative estimate of drug-likeness (QED) is 0.286. The van der Waals surface area contributed by atoms with Crippen LogP contribution in [0.3, 0.4) is 0 Å². The molecule has 0 radical (unpaired) electrons. The van der Waals surface area contributed by atoms with Crippen molar-refractivity contribution >= 4 is 9.84 Å². The maximum atomic E-state index is 13.5. The Labute approximate surface area is 226 Å². The fourth-order valence-electron chi connectivity index (χ4n) is 4.58. The van der Waals surface area contributed by atoms with Crippen molar-refractivity contribution in [3.8, 4) is 0 Å². The third kappa shape index (κ3) is 7.62. The number of ether oxygens (including phenoxy) is 4. The largest absolute Gasteiger partial charge is 0.368 e. The van der Waals surface area contributed by atoms with Crippen LogP contribution in [-0.4, -0.2) is 44.0 Å². The lowest BCUT2D eigenvalue weighted by atomic mass is 9.99. The molecule has 38 heavy (non-hydrogen) atoms. The summed E-state index contributed by atoms with van der Waals surface area (Å²) in [6, 6.07) is 29.2. The lowest BCUT2D eigenvalue weighted by Gasteiger charge is -2.45. The van der Waals surface area contributed by atoms with Crippen molar-refractivity contribution in [2.75, 3.05) is 5.75 Å². The van der Waals surface area contributed by atoms with Gasteiger partial charge in [0.05, 0.1) is 31.7 Å². The van der Waals surface area contributed by atoms with Gasteiger partial charge in [-0.15, -0.1) is 0 Å². The molecule has 3 aromatic carbocycles. The average Bonchev–Trinajstić information content (AvgIpc) is 2.91. The molecule has 0 N–H and O–H groups in total. The molecule has 1 aliphatic rings. The molecule has 0 aromatic heterocycles. The van der Waals surface area contributed by atoms with Gasteiger partial charge in [-0.2, -0.15) is 0 Å². The van der Waals surface area contributed by atoms with Gasteiger partial charge in [0, 0.05) is 0 Å². The van der Waals surface area contributed by atoms with E-state index in [-0.39, 0.29) is 19.0 Å². The molecule has 5 unspecified atom stereocenters. The molecule has 3 aromatic rings. The van der Waals surface area contributed by atoms with E-state index in [0.29, 0.717) is 12.2 Å². The molecule has 0 bridgehead atoms. The SMILES string of the molecule is C=C(C)CS(=O)(=O)C1OC(C)C(OCc2ccccc2)C(OCc2ccccc2)C1OCc1ccccc1. The zero-order chi connectivity index (χ0) is 27.0. The van der Waals surface area contributed by atoms with Crippen molar-refractivity contribution in [1.29, 1.82) is 0 Å². The average molecular weight is 537 g/mol.